The molecular weight excluding hydrogens is 597 g/mol. The summed E-state index contributed by atoms with van der Waals surface area (Å²) in [5, 5.41) is 0. The minimum absolute atomic E-state index is 0.514. The van der Waals surface area contributed by atoms with Crippen LogP contribution in [0.15, 0.2) is 72.8 Å². The highest BCUT2D eigenvalue weighted by Crippen LogP contribution is 2.57. The molecule has 1 aromatic carbocycles. The first-order valence-corrected chi connectivity index (χ1v) is 19.2. The third-order valence-electron chi connectivity index (χ3n) is 12.7. The number of hydrogen-bond donors (Lipinski definition) is 0. The molecule has 9 aliphatic carbocycles. The van der Waals surface area contributed by atoms with Crippen molar-refractivity contribution in [2.45, 2.75) is 75.0 Å². The number of aromatic nitrogens is 2. The molecule has 2 aliphatic heterocycles. The zero-order valence-corrected chi connectivity index (χ0v) is 27.4. The van der Waals surface area contributed by atoms with Crippen LogP contribution >= 0.6 is 22.7 Å². The molecule has 5 heterocycles. The van der Waals surface area contributed by atoms with Crippen molar-refractivity contribution in [2.24, 2.45) is 11.8 Å². The molecule has 0 saturated heterocycles. The van der Waals surface area contributed by atoms with E-state index >= 15 is 0 Å². The number of fused-ring (bicyclic) bond motifs is 15. The number of benzene rings is 1. The molecule has 15 rings (SSSR count). The Morgan fingerprint density at radius 3 is 1.15 bits per heavy atom. The fourth-order valence-electron chi connectivity index (χ4n) is 10.7. The Labute approximate surface area is 277 Å². The van der Waals surface area contributed by atoms with E-state index in [4.69, 9.17) is 9.97 Å². The minimum atomic E-state index is 0.514. The lowest BCUT2D eigenvalue weighted by atomic mass is 9.66. The normalized spacial score (nSPS) is 28.8. The summed E-state index contributed by atoms with van der Waals surface area (Å²) < 4.78 is 5.71. The first-order valence-electron chi connectivity index (χ1n) is 17.6. The molecule has 4 atom stereocenters. The molecule has 14 bridgehead atoms. The molecule has 1 saturated carbocycles. The van der Waals surface area contributed by atoms with Crippen molar-refractivity contribution in [1.82, 2.24) is 9.97 Å². The lowest BCUT2D eigenvalue weighted by molar-refractivity contribution is 0.353. The maximum atomic E-state index is 5.64. The standard InChI is InChI=1S/C42H34N2S2/c1-2-4-28-27(3-1)29-17-33-39-23-9-13-25(14-10-23)41(39)35(45-33)19-31-37-21-5-7-22(8-6-21)38(37)32(44-31)20-36-42-26-15-11-24(12-16-26)40(42)34(46-36)18-30(28)43-29/h1-4,9,11,13,15,17-26H,5-8,10,12,14,16H2/t21?,22?,23-,24+,25+,26-. The van der Waals surface area contributed by atoms with Crippen molar-refractivity contribution in [1.29, 1.82) is 0 Å². The van der Waals surface area contributed by atoms with Crippen LogP contribution < -0.4 is 0 Å². The van der Waals surface area contributed by atoms with Gasteiger partial charge < -0.3 is 0 Å². The molecule has 2 nitrogen and oxygen atoms in total. The average Bonchev–Trinajstić information content (AvgIpc) is 3.87. The number of thiophene rings is 2. The van der Waals surface area contributed by atoms with Crippen LogP contribution in [0, 0.1) is 11.8 Å². The molecule has 46 heavy (non-hydrogen) atoms. The van der Waals surface area contributed by atoms with Gasteiger partial charge >= 0.3 is 0 Å². The zero-order valence-electron chi connectivity index (χ0n) is 25.8. The summed E-state index contributed by atoms with van der Waals surface area (Å²) in [6.07, 6.45) is 20.4. The van der Waals surface area contributed by atoms with Crippen LogP contribution in [-0.2, 0) is 0 Å². The van der Waals surface area contributed by atoms with Crippen molar-refractivity contribution in [3.63, 3.8) is 0 Å². The molecule has 224 valence electrons. The van der Waals surface area contributed by atoms with Gasteiger partial charge in [-0.05, 0) is 121 Å². The van der Waals surface area contributed by atoms with Crippen molar-refractivity contribution in [3.05, 3.63) is 106 Å². The third-order valence-corrected chi connectivity index (χ3v) is 14.9. The van der Waals surface area contributed by atoms with E-state index < -0.39 is 0 Å². The second kappa shape index (κ2) is 9.05. The Bertz CT molecular complexity index is 2160. The quantitative estimate of drug-likeness (QED) is 0.159. The van der Waals surface area contributed by atoms with Crippen LogP contribution in [0.25, 0.3) is 52.5 Å². The molecule has 0 unspecified atom stereocenters. The highest BCUT2D eigenvalue weighted by Gasteiger charge is 2.41. The largest absolute Gasteiger partial charge is 0.248 e. The maximum absolute atomic E-state index is 5.64. The Morgan fingerprint density at radius 2 is 0.783 bits per heavy atom. The van der Waals surface area contributed by atoms with Crippen LogP contribution in [0.1, 0.15) is 109 Å². The van der Waals surface area contributed by atoms with Crippen LogP contribution in [0.4, 0.5) is 0 Å². The van der Waals surface area contributed by atoms with Gasteiger partial charge in [0.25, 0.3) is 0 Å². The lowest BCUT2D eigenvalue weighted by Gasteiger charge is -2.37. The highest BCUT2D eigenvalue weighted by molar-refractivity contribution is 7.24. The summed E-state index contributed by atoms with van der Waals surface area (Å²) in [5.74, 6) is 3.40. The molecule has 11 aliphatic rings. The molecule has 4 aromatic rings. The Kier molecular flexibility index (Phi) is 5.01. The predicted molar refractivity (Wildman–Crippen MR) is 192 cm³/mol. The molecule has 0 radical (unpaired) electrons. The molecule has 1 fully saturated rings. The fourth-order valence-corrected chi connectivity index (χ4v) is 13.4. The van der Waals surface area contributed by atoms with Gasteiger partial charge in [-0.15, -0.1) is 22.7 Å². The monoisotopic (exact) mass is 630 g/mol. The van der Waals surface area contributed by atoms with Crippen LogP contribution in [0.5, 0.6) is 0 Å². The van der Waals surface area contributed by atoms with Gasteiger partial charge in [0.15, 0.2) is 0 Å². The average molecular weight is 631 g/mol. The van der Waals surface area contributed by atoms with Crippen molar-refractivity contribution in [3.8, 4) is 22.5 Å². The van der Waals surface area contributed by atoms with Crippen molar-refractivity contribution < 1.29 is 0 Å². The van der Waals surface area contributed by atoms with E-state index in [1.165, 1.54) is 92.7 Å². The highest BCUT2D eigenvalue weighted by atomic mass is 32.1. The molecule has 0 N–H and O–H groups in total. The van der Waals surface area contributed by atoms with Gasteiger partial charge in [-0.3, -0.25) is 0 Å². The van der Waals surface area contributed by atoms with E-state index in [2.05, 4.69) is 72.8 Å². The van der Waals surface area contributed by atoms with E-state index in [1.54, 1.807) is 33.4 Å². The number of allylic oxidation sites excluding steroid dienone is 6. The minimum Gasteiger partial charge on any atom is -0.248 e. The zero-order chi connectivity index (χ0) is 29.7. The second-order valence-corrected chi connectivity index (χ2v) is 17.1. The van der Waals surface area contributed by atoms with E-state index in [9.17, 15) is 0 Å². The topological polar surface area (TPSA) is 25.8 Å². The van der Waals surface area contributed by atoms with Gasteiger partial charge in [-0.2, -0.15) is 0 Å². The lowest BCUT2D eigenvalue weighted by Crippen LogP contribution is -2.23. The van der Waals surface area contributed by atoms with Crippen LogP contribution in [0.3, 0.4) is 0 Å². The molecule has 0 spiro atoms. The van der Waals surface area contributed by atoms with E-state index in [0.29, 0.717) is 35.5 Å². The third kappa shape index (κ3) is 3.32. The van der Waals surface area contributed by atoms with E-state index in [0.717, 1.165) is 11.4 Å². The van der Waals surface area contributed by atoms with Gasteiger partial charge in [0.05, 0.1) is 22.8 Å². The number of hydrogen-bond acceptors (Lipinski definition) is 4. The predicted octanol–water partition coefficient (Wildman–Crippen LogP) is 11.9. The van der Waals surface area contributed by atoms with Gasteiger partial charge in [-0.1, -0.05) is 48.6 Å². The Hall–Kier alpha value is -3.60. The summed E-state index contributed by atoms with van der Waals surface area (Å²) in [6, 6.07) is 18.9. The Balaban J connectivity index is 1.25. The smallest absolute Gasteiger partial charge is 0.0730 e. The number of nitrogens with zero attached hydrogens (tertiary/aromatic N) is 2. The summed E-state index contributed by atoms with van der Waals surface area (Å²) in [4.78, 5) is 11.1. The van der Waals surface area contributed by atoms with Crippen LogP contribution in [0.2, 0.25) is 0 Å². The SMILES string of the molecule is C1=C[C@H]2CC[C@@H]1c1c2c2cc3nc(cc4sc(cc5nc(cc1s2)-c1ccccc1-5)c1c4[C@@H]2C=C[C@H]1CC2)C1=C3C2CCC1CC2. The molecular formula is C42H34N2S2. The molecule has 3 aromatic heterocycles. The summed E-state index contributed by atoms with van der Waals surface area (Å²) in [6.45, 7) is 0. The molecule has 4 heteroatoms. The molecule has 0 amide bonds. The van der Waals surface area contributed by atoms with Gasteiger partial charge in [0, 0.05) is 53.6 Å². The first kappa shape index (κ1) is 25.5. The first-order chi connectivity index (χ1) is 22.7. The van der Waals surface area contributed by atoms with Gasteiger partial charge in [0.1, 0.15) is 0 Å². The van der Waals surface area contributed by atoms with Crippen molar-refractivity contribution in [2.75, 3.05) is 0 Å². The maximum Gasteiger partial charge on any atom is 0.0730 e. The summed E-state index contributed by atoms with van der Waals surface area (Å²) in [5.41, 5.74) is 16.9. The van der Waals surface area contributed by atoms with Crippen molar-refractivity contribution >= 4 is 52.6 Å². The summed E-state index contributed by atoms with van der Waals surface area (Å²) >= 11 is 4.00. The Morgan fingerprint density at radius 1 is 0.435 bits per heavy atom. The van der Waals surface area contributed by atoms with Gasteiger partial charge in [-0.25, -0.2) is 9.97 Å². The second-order valence-electron chi connectivity index (χ2n) is 14.9. The van der Waals surface area contributed by atoms with Gasteiger partial charge in [0.2, 0.25) is 0 Å². The fraction of sp³-hybridized carbons (Fsp3) is 0.333. The van der Waals surface area contributed by atoms with E-state index in [1.807, 2.05) is 22.7 Å². The van der Waals surface area contributed by atoms with E-state index in [-0.39, 0.29) is 0 Å². The van der Waals surface area contributed by atoms with Crippen LogP contribution in [-0.4, -0.2) is 9.97 Å². The number of rotatable bonds is 0. The summed E-state index contributed by atoms with van der Waals surface area (Å²) in [7, 11) is 0.